The highest BCUT2D eigenvalue weighted by molar-refractivity contribution is 5.20. The van der Waals surface area contributed by atoms with Crippen molar-refractivity contribution in [3.05, 3.63) is 35.9 Å². The summed E-state index contributed by atoms with van der Waals surface area (Å²) in [5.74, 6) is 1.80. The van der Waals surface area contributed by atoms with Crippen LogP contribution in [0.15, 0.2) is 30.3 Å². The average Bonchev–Trinajstić information content (AvgIpc) is 2.35. The molecule has 0 aromatic heterocycles. The molecule has 0 saturated carbocycles. The second-order valence-electron chi connectivity index (χ2n) is 5.48. The van der Waals surface area contributed by atoms with Crippen molar-refractivity contribution in [1.82, 2.24) is 5.32 Å². The third-order valence-corrected chi connectivity index (χ3v) is 3.34. The number of nitrogens with one attached hydrogen (secondary N) is 1. The molecular formula is C16H27NO. The summed E-state index contributed by atoms with van der Waals surface area (Å²) < 4.78 is 5.15. The Morgan fingerprint density at radius 2 is 1.72 bits per heavy atom. The lowest BCUT2D eigenvalue weighted by atomic mass is 9.88. The molecule has 102 valence electrons. The maximum absolute atomic E-state index is 5.15. The molecule has 1 rings (SSSR count). The lowest BCUT2D eigenvalue weighted by molar-refractivity contribution is 0.158. The second-order valence-corrected chi connectivity index (χ2v) is 5.48. The topological polar surface area (TPSA) is 21.3 Å². The molecule has 0 aliphatic heterocycles. The Bertz CT molecular complexity index is 310. The first kappa shape index (κ1) is 15.2. The molecule has 0 aliphatic rings. The second kappa shape index (κ2) is 8.28. The van der Waals surface area contributed by atoms with E-state index >= 15 is 0 Å². The van der Waals surface area contributed by atoms with Crippen LogP contribution < -0.4 is 5.32 Å². The molecule has 1 N–H and O–H groups in total. The SMILES string of the molecule is COCC(C)CNCC(c1ccccc1)C(C)C. The minimum Gasteiger partial charge on any atom is -0.384 e. The highest BCUT2D eigenvalue weighted by atomic mass is 16.5. The molecule has 0 saturated heterocycles. The zero-order valence-electron chi connectivity index (χ0n) is 12.1. The van der Waals surface area contributed by atoms with Crippen molar-refractivity contribution in [2.24, 2.45) is 11.8 Å². The van der Waals surface area contributed by atoms with Crippen molar-refractivity contribution in [3.8, 4) is 0 Å². The van der Waals surface area contributed by atoms with Crippen LogP contribution >= 0.6 is 0 Å². The highest BCUT2D eigenvalue weighted by Crippen LogP contribution is 2.23. The van der Waals surface area contributed by atoms with E-state index in [1.165, 1.54) is 5.56 Å². The minimum absolute atomic E-state index is 0.568. The van der Waals surface area contributed by atoms with Crippen molar-refractivity contribution < 1.29 is 4.74 Å². The van der Waals surface area contributed by atoms with Gasteiger partial charge in [0.25, 0.3) is 0 Å². The Balaban J connectivity index is 2.45. The summed E-state index contributed by atoms with van der Waals surface area (Å²) in [5.41, 5.74) is 1.43. The molecule has 0 amide bonds. The predicted octanol–water partition coefficient (Wildman–Crippen LogP) is 3.30. The van der Waals surface area contributed by atoms with Crippen molar-refractivity contribution in [2.45, 2.75) is 26.7 Å². The lowest BCUT2D eigenvalue weighted by Gasteiger charge is -2.23. The van der Waals surface area contributed by atoms with E-state index in [1.807, 2.05) is 0 Å². The van der Waals surface area contributed by atoms with Crippen LogP contribution in [0.25, 0.3) is 0 Å². The van der Waals surface area contributed by atoms with Crippen molar-refractivity contribution in [2.75, 3.05) is 26.8 Å². The summed E-state index contributed by atoms with van der Waals surface area (Å²) in [7, 11) is 1.76. The van der Waals surface area contributed by atoms with Crippen molar-refractivity contribution >= 4 is 0 Å². The molecule has 1 aromatic carbocycles. The van der Waals surface area contributed by atoms with Crippen LogP contribution in [0, 0.1) is 11.8 Å². The van der Waals surface area contributed by atoms with Crippen LogP contribution in [0.3, 0.4) is 0 Å². The average molecular weight is 249 g/mol. The number of hydrogen-bond donors (Lipinski definition) is 1. The zero-order chi connectivity index (χ0) is 13.4. The van der Waals surface area contributed by atoms with Gasteiger partial charge in [0.2, 0.25) is 0 Å². The van der Waals surface area contributed by atoms with Gasteiger partial charge in [-0.15, -0.1) is 0 Å². The summed E-state index contributed by atoms with van der Waals surface area (Å²) >= 11 is 0. The highest BCUT2D eigenvalue weighted by Gasteiger charge is 2.15. The van der Waals surface area contributed by atoms with Crippen LogP contribution in [0.5, 0.6) is 0 Å². The molecule has 2 unspecified atom stereocenters. The Hall–Kier alpha value is -0.860. The maximum atomic E-state index is 5.15. The molecule has 0 radical (unpaired) electrons. The third-order valence-electron chi connectivity index (χ3n) is 3.34. The number of hydrogen-bond acceptors (Lipinski definition) is 2. The number of methoxy groups -OCH3 is 1. The van der Waals surface area contributed by atoms with Gasteiger partial charge in [-0.2, -0.15) is 0 Å². The van der Waals surface area contributed by atoms with Crippen LogP contribution in [0.1, 0.15) is 32.3 Å². The first-order chi connectivity index (χ1) is 8.65. The van der Waals surface area contributed by atoms with Gasteiger partial charge in [-0.1, -0.05) is 51.1 Å². The van der Waals surface area contributed by atoms with Crippen LogP contribution in [-0.2, 0) is 4.74 Å². The molecule has 2 heteroatoms. The molecule has 0 bridgehead atoms. The molecule has 0 heterocycles. The first-order valence-corrected chi connectivity index (χ1v) is 6.89. The standard InChI is InChI=1S/C16H27NO/c1-13(2)16(15-8-6-5-7-9-15)11-17-10-14(3)12-18-4/h5-9,13-14,16-17H,10-12H2,1-4H3. The summed E-state index contributed by atoms with van der Waals surface area (Å²) in [4.78, 5) is 0. The van der Waals surface area contributed by atoms with E-state index in [9.17, 15) is 0 Å². The van der Waals surface area contributed by atoms with Gasteiger partial charge in [0.05, 0.1) is 0 Å². The number of ether oxygens (including phenoxy) is 1. The van der Waals surface area contributed by atoms with Gasteiger partial charge in [-0.3, -0.25) is 0 Å². The number of benzene rings is 1. The molecule has 2 nitrogen and oxygen atoms in total. The fraction of sp³-hybridized carbons (Fsp3) is 0.625. The van der Waals surface area contributed by atoms with Gasteiger partial charge in [0.1, 0.15) is 0 Å². The Morgan fingerprint density at radius 3 is 2.28 bits per heavy atom. The Morgan fingerprint density at radius 1 is 1.06 bits per heavy atom. The third kappa shape index (κ3) is 5.19. The van der Waals surface area contributed by atoms with Crippen LogP contribution in [-0.4, -0.2) is 26.8 Å². The fourth-order valence-corrected chi connectivity index (χ4v) is 2.27. The maximum Gasteiger partial charge on any atom is 0.0499 e. The van der Waals surface area contributed by atoms with E-state index in [1.54, 1.807) is 7.11 Å². The molecule has 18 heavy (non-hydrogen) atoms. The van der Waals surface area contributed by atoms with Gasteiger partial charge in [0, 0.05) is 20.3 Å². The predicted molar refractivity (Wildman–Crippen MR) is 77.9 cm³/mol. The van der Waals surface area contributed by atoms with Crippen molar-refractivity contribution in [3.63, 3.8) is 0 Å². The van der Waals surface area contributed by atoms with E-state index in [4.69, 9.17) is 4.74 Å². The van der Waals surface area contributed by atoms with Crippen molar-refractivity contribution in [1.29, 1.82) is 0 Å². The van der Waals surface area contributed by atoms with E-state index in [-0.39, 0.29) is 0 Å². The van der Waals surface area contributed by atoms with Gasteiger partial charge in [-0.25, -0.2) is 0 Å². The summed E-state index contributed by atoms with van der Waals surface area (Å²) in [6, 6.07) is 10.8. The summed E-state index contributed by atoms with van der Waals surface area (Å²) in [5, 5.41) is 3.57. The molecule has 0 spiro atoms. The molecule has 2 atom stereocenters. The zero-order valence-corrected chi connectivity index (χ0v) is 12.1. The summed E-state index contributed by atoms with van der Waals surface area (Å²) in [6.07, 6.45) is 0. The largest absolute Gasteiger partial charge is 0.384 e. The van der Waals surface area contributed by atoms with Crippen LogP contribution in [0.2, 0.25) is 0 Å². The minimum atomic E-state index is 0.568. The molecule has 0 fully saturated rings. The van der Waals surface area contributed by atoms with E-state index in [0.717, 1.165) is 19.7 Å². The van der Waals surface area contributed by atoms with Gasteiger partial charge in [-0.05, 0) is 29.9 Å². The smallest absolute Gasteiger partial charge is 0.0499 e. The number of rotatable bonds is 8. The van der Waals surface area contributed by atoms with Gasteiger partial charge < -0.3 is 10.1 Å². The molecular weight excluding hydrogens is 222 g/mol. The Labute approximate surface area is 112 Å². The van der Waals surface area contributed by atoms with E-state index in [2.05, 4.69) is 56.4 Å². The van der Waals surface area contributed by atoms with E-state index < -0.39 is 0 Å². The molecule has 0 aliphatic carbocycles. The Kier molecular flexibility index (Phi) is 6.99. The first-order valence-electron chi connectivity index (χ1n) is 6.89. The quantitative estimate of drug-likeness (QED) is 0.763. The fourth-order valence-electron chi connectivity index (χ4n) is 2.27. The molecule has 1 aromatic rings. The monoisotopic (exact) mass is 249 g/mol. The van der Waals surface area contributed by atoms with Gasteiger partial charge >= 0.3 is 0 Å². The van der Waals surface area contributed by atoms with Gasteiger partial charge in [0.15, 0.2) is 0 Å². The normalized spacial score (nSPS) is 14.7. The lowest BCUT2D eigenvalue weighted by Crippen LogP contribution is -2.29. The van der Waals surface area contributed by atoms with E-state index in [0.29, 0.717) is 17.8 Å². The van der Waals surface area contributed by atoms with Crippen LogP contribution in [0.4, 0.5) is 0 Å². The summed E-state index contributed by atoms with van der Waals surface area (Å²) in [6.45, 7) is 9.67.